The lowest BCUT2D eigenvalue weighted by Gasteiger charge is -2.18. The van der Waals surface area contributed by atoms with Gasteiger partial charge >= 0.3 is 17.9 Å². The molecule has 0 fully saturated rings. The molecule has 0 radical (unpaired) electrons. The fourth-order valence-electron chi connectivity index (χ4n) is 6.19. The Kier molecular flexibility index (Phi) is 45.6. The zero-order valence-corrected chi connectivity index (χ0v) is 39.1. The molecule has 0 aliphatic rings. The van der Waals surface area contributed by atoms with Gasteiger partial charge in [-0.15, -0.1) is 0 Å². The molecule has 0 bridgehead atoms. The van der Waals surface area contributed by atoms with Crippen LogP contribution < -0.4 is 0 Å². The van der Waals surface area contributed by atoms with Crippen LogP contribution in [0.15, 0.2) is 109 Å². The second kappa shape index (κ2) is 48.7. The summed E-state index contributed by atoms with van der Waals surface area (Å²) in [6.45, 7) is 6.33. The van der Waals surface area contributed by atoms with Gasteiger partial charge in [-0.25, -0.2) is 0 Å². The molecule has 61 heavy (non-hydrogen) atoms. The van der Waals surface area contributed by atoms with Gasteiger partial charge in [0.05, 0.1) is 0 Å². The van der Waals surface area contributed by atoms with Crippen molar-refractivity contribution in [2.75, 3.05) is 13.2 Å². The Bertz CT molecular complexity index is 1290. The summed E-state index contributed by atoms with van der Waals surface area (Å²) in [5.41, 5.74) is 0. The van der Waals surface area contributed by atoms with E-state index in [1.165, 1.54) is 83.5 Å². The van der Waals surface area contributed by atoms with Crippen molar-refractivity contribution < 1.29 is 28.6 Å². The first-order valence-corrected chi connectivity index (χ1v) is 24.5. The summed E-state index contributed by atoms with van der Waals surface area (Å²) in [5.74, 6) is -1.09. The van der Waals surface area contributed by atoms with E-state index >= 15 is 0 Å². The van der Waals surface area contributed by atoms with Gasteiger partial charge in [0, 0.05) is 19.3 Å². The van der Waals surface area contributed by atoms with Crippen LogP contribution in [0.5, 0.6) is 0 Å². The summed E-state index contributed by atoms with van der Waals surface area (Å²) >= 11 is 0. The number of rotatable bonds is 42. The molecule has 0 saturated carbocycles. The molecule has 6 nitrogen and oxygen atoms in total. The van der Waals surface area contributed by atoms with Gasteiger partial charge in [-0.05, 0) is 89.9 Å². The largest absolute Gasteiger partial charge is 0.462 e. The van der Waals surface area contributed by atoms with Crippen LogP contribution in [0, 0.1) is 0 Å². The molecule has 0 amide bonds. The van der Waals surface area contributed by atoms with Crippen molar-refractivity contribution in [1.29, 1.82) is 0 Å². The van der Waals surface area contributed by atoms with Crippen molar-refractivity contribution in [1.82, 2.24) is 0 Å². The molecule has 0 spiro atoms. The number of hydrogen-bond acceptors (Lipinski definition) is 6. The van der Waals surface area contributed by atoms with Gasteiger partial charge in [-0.2, -0.15) is 0 Å². The summed E-state index contributed by atoms with van der Waals surface area (Å²) in [6, 6.07) is 0. The van der Waals surface area contributed by atoms with E-state index in [2.05, 4.69) is 75.5 Å². The van der Waals surface area contributed by atoms with E-state index in [4.69, 9.17) is 14.2 Å². The minimum Gasteiger partial charge on any atom is -0.462 e. The number of unbranched alkanes of at least 4 members (excludes halogenated alkanes) is 17. The molecule has 1 atom stereocenters. The Morgan fingerprint density at radius 2 is 0.721 bits per heavy atom. The van der Waals surface area contributed by atoms with Crippen molar-refractivity contribution in [3.05, 3.63) is 109 Å². The van der Waals surface area contributed by atoms with Crippen LogP contribution in [0.1, 0.15) is 201 Å². The summed E-state index contributed by atoms with van der Waals surface area (Å²) in [4.78, 5) is 37.8. The van der Waals surface area contributed by atoms with Crippen LogP contribution in [-0.2, 0) is 28.6 Å². The molecule has 0 aromatic rings. The normalized spacial score (nSPS) is 13.0. The van der Waals surface area contributed by atoms with E-state index in [-0.39, 0.29) is 38.0 Å². The molecule has 344 valence electrons. The van der Waals surface area contributed by atoms with Crippen LogP contribution in [-0.4, -0.2) is 37.2 Å². The Morgan fingerprint density at radius 1 is 0.361 bits per heavy atom. The average Bonchev–Trinajstić information content (AvgIpc) is 3.26. The quantitative estimate of drug-likeness (QED) is 0.0200. The lowest BCUT2D eigenvalue weighted by molar-refractivity contribution is -0.167. The molecular weight excluding hydrogens is 757 g/mol. The first-order valence-electron chi connectivity index (χ1n) is 24.5. The number of hydrogen-bond donors (Lipinski definition) is 0. The SMILES string of the molecule is CC/C=C/C=C/C=C/C=C/C=C/CCCC(=O)OC(COC(=O)CCC/C=C/C/C=C/C/C=C/CCCCCCCC)COC(=O)CCCCC/C=C/CCCCCCCC. The summed E-state index contributed by atoms with van der Waals surface area (Å²) in [5, 5.41) is 0. The molecule has 0 aliphatic carbocycles. The smallest absolute Gasteiger partial charge is 0.306 e. The van der Waals surface area contributed by atoms with Gasteiger partial charge in [0.25, 0.3) is 0 Å². The number of allylic oxidation sites excluding steroid dienone is 18. The second-order valence-electron chi connectivity index (χ2n) is 15.8. The highest BCUT2D eigenvalue weighted by Crippen LogP contribution is 2.11. The highest BCUT2D eigenvalue weighted by atomic mass is 16.6. The predicted molar refractivity (Wildman–Crippen MR) is 260 cm³/mol. The monoisotopic (exact) mass is 845 g/mol. The van der Waals surface area contributed by atoms with E-state index < -0.39 is 12.1 Å². The van der Waals surface area contributed by atoms with Crippen LogP contribution >= 0.6 is 0 Å². The van der Waals surface area contributed by atoms with Crippen LogP contribution in [0.3, 0.4) is 0 Å². The van der Waals surface area contributed by atoms with Crippen molar-refractivity contribution in [2.24, 2.45) is 0 Å². The maximum atomic E-state index is 12.7. The third-order valence-electron chi connectivity index (χ3n) is 9.86. The Balaban J connectivity index is 4.59. The first-order chi connectivity index (χ1) is 30.0. The number of esters is 3. The van der Waals surface area contributed by atoms with E-state index in [1.807, 2.05) is 54.7 Å². The van der Waals surface area contributed by atoms with Crippen molar-refractivity contribution in [2.45, 2.75) is 207 Å². The number of carbonyl (C=O) groups excluding carboxylic acids is 3. The van der Waals surface area contributed by atoms with Gasteiger partial charge in [-0.1, -0.05) is 201 Å². The van der Waals surface area contributed by atoms with Crippen LogP contribution in [0.4, 0.5) is 0 Å². The molecule has 6 heteroatoms. The third kappa shape index (κ3) is 47.0. The molecular formula is C55H88O6. The van der Waals surface area contributed by atoms with Crippen molar-refractivity contribution in [3.63, 3.8) is 0 Å². The lowest BCUT2D eigenvalue weighted by Crippen LogP contribution is -2.30. The van der Waals surface area contributed by atoms with Gasteiger partial charge < -0.3 is 14.2 Å². The van der Waals surface area contributed by atoms with Crippen molar-refractivity contribution >= 4 is 17.9 Å². The van der Waals surface area contributed by atoms with E-state index in [9.17, 15) is 14.4 Å². The molecule has 0 heterocycles. The fourth-order valence-corrected chi connectivity index (χ4v) is 6.19. The minimum atomic E-state index is -0.842. The van der Waals surface area contributed by atoms with E-state index in [0.717, 1.165) is 64.2 Å². The Morgan fingerprint density at radius 3 is 1.23 bits per heavy atom. The predicted octanol–water partition coefficient (Wildman–Crippen LogP) is 16.0. The minimum absolute atomic E-state index is 0.132. The molecule has 0 N–H and O–H groups in total. The fraction of sp³-hybridized carbons (Fsp3) is 0.618. The Labute approximate surface area is 374 Å². The zero-order chi connectivity index (χ0) is 44.4. The third-order valence-corrected chi connectivity index (χ3v) is 9.86. The molecule has 0 aromatic carbocycles. The number of carbonyl (C=O) groups is 3. The van der Waals surface area contributed by atoms with Gasteiger partial charge in [0.15, 0.2) is 6.10 Å². The van der Waals surface area contributed by atoms with Gasteiger partial charge in [0.1, 0.15) is 13.2 Å². The second-order valence-corrected chi connectivity index (χ2v) is 15.8. The first kappa shape index (κ1) is 57.1. The highest BCUT2D eigenvalue weighted by molar-refractivity contribution is 5.71. The number of ether oxygens (including phenoxy) is 3. The topological polar surface area (TPSA) is 78.9 Å². The summed E-state index contributed by atoms with van der Waals surface area (Å²) in [6.07, 6.45) is 65.2. The lowest BCUT2D eigenvalue weighted by atomic mass is 10.1. The molecule has 0 aliphatic heterocycles. The Hall–Kier alpha value is -3.93. The molecule has 0 aromatic heterocycles. The average molecular weight is 845 g/mol. The standard InChI is InChI=1S/C55H88O6/c1-4-7-10-13-16-19-22-25-26-27-28-31-33-36-39-42-45-48-54(57)60-51-52(61-55(58)49-46-43-40-37-34-30-24-21-18-15-12-9-6-3)50-59-53(56)47-44-41-38-35-32-29-23-20-17-14-11-8-5-2/h9,12,15,18,21,24-26,28-32,34,36-37,39-40,52H,4-8,10-11,13-14,16-17,19-20,22-23,27,33,35,38,41-51H2,1-3H3/b12-9+,18-15+,24-21+,26-25+,31-28+,32-29+,34-30+,39-36+,40-37+. The molecule has 0 saturated heterocycles. The van der Waals surface area contributed by atoms with E-state index in [1.54, 1.807) is 0 Å². The van der Waals surface area contributed by atoms with E-state index in [0.29, 0.717) is 19.3 Å². The summed E-state index contributed by atoms with van der Waals surface area (Å²) in [7, 11) is 0. The van der Waals surface area contributed by atoms with Gasteiger partial charge in [0.2, 0.25) is 0 Å². The van der Waals surface area contributed by atoms with Crippen LogP contribution in [0.25, 0.3) is 0 Å². The molecule has 1 unspecified atom stereocenters. The van der Waals surface area contributed by atoms with Crippen molar-refractivity contribution in [3.8, 4) is 0 Å². The van der Waals surface area contributed by atoms with Crippen LogP contribution in [0.2, 0.25) is 0 Å². The highest BCUT2D eigenvalue weighted by Gasteiger charge is 2.19. The maximum Gasteiger partial charge on any atom is 0.306 e. The summed E-state index contributed by atoms with van der Waals surface area (Å²) < 4.78 is 16.6. The van der Waals surface area contributed by atoms with Gasteiger partial charge in [-0.3, -0.25) is 14.4 Å². The molecule has 0 rings (SSSR count). The maximum absolute atomic E-state index is 12.7. The zero-order valence-electron chi connectivity index (χ0n) is 39.1.